The SMILES string of the molecule is COCCN(CC(=O)NCc1ccco1)C(=O)CCC(=O)Nc1ccccn1. The molecule has 0 aliphatic carbocycles. The number of hydrogen-bond donors (Lipinski definition) is 2. The van der Waals surface area contributed by atoms with Crippen molar-refractivity contribution in [1.82, 2.24) is 15.2 Å². The van der Waals surface area contributed by atoms with E-state index in [1.165, 1.54) is 18.3 Å². The van der Waals surface area contributed by atoms with Crippen molar-refractivity contribution in [2.24, 2.45) is 0 Å². The number of carbonyl (C=O) groups is 3. The average molecular weight is 388 g/mol. The molecule has 2 N–H and O–H groups in total. The van der Waals surface area contributed by atoms with Crippen LogP contribution in [0.1, 0.15) is 18.6 Å². The van der Waals surface area contributed by atoms with Crippen molar-refractivity contribution in [2.75, 3.05) is 32.1 Å². The molecular weight excluding hydrogens is 364 g/mol. The first-order valence-electron chi connectivity index (χ1n) is 8.85. The summed E-state index contributed by atoms with van der Waals surface area (Å²) in [6.07, 6.45) is 3.06. The lowest BCUT2D eigenvalue weighted by atomic mass is 10.2. The Labute approximate surface area is 163 Å². The number of nitrogens with zero attached hydrogens (tertiary/aromatic N) is 2. The second-order valence-corrected chi connectivity index (χ2v) is 5.93. The lowest BCUT2D eigenvalue weighted by Crippen LogP contribution is -2.42. The molecule has 0 spiro atoms. The highest BCUT2D eigenvalue weighted by Gasteiger charge is 2.18. The minimum atomic E-state index is -0.321. The second kappa shape index (κ2) is 11.5. The Hall–Kier alpha value is -3.20. The van der Waals surface area contributed by atoms with Gasteiger partial charge >= 0.3 is 0 Å². The van der Waals surface area contributed by atoms with Crippen LogP contribution in [0, 0.1) is 0 Å². The molecule has 0 unspecified atom stereocenters. The van der Waals surface area contributed by atoms with Crippen molar-refractivity contribution >= 4 is 23.5 Å². The first kappa shape index (κ1) is 21.1. The van der Waals surface area contributed by atoms with E-state index in [1.807, 2.05) is 0 Å². The van der Waals surface area contributed by atoms with Gasteiger partial charge in [-0.25, -0.2) is 4.98 Å². The molecule has 0 radical (unpaired) electrons. The summed E-state index contributed by atoms with van der Waals surface area (Å²) in [5.41, 5.74) is 0. The van der Waals surface area contributed by atoms with Crippen LogP contribution < -0.4 is 10.6 Å². The number of carbonyl (C=O) groups excluding carboxylic acids is 3. The van der Waals surface area contributed by atoms with Gasteiger partial charge in [-0.15, -0.1) is 0 Å². The number of furan rings is 1. The number of hydrogen-bond acceptors (Lipinski definition) is 6. The summed E-state index contributed by atoms with van der Waals surface area (Å²) in [6.45, 7) is 0.665. The fourth-order valence-electron chi connectivity index (χ4n) is 2.34. The van der Waals surface area contributed by atoms with Gasteiger partial charge in [0.15, 0.2) is 0 Å². The summed E-state index contributed by atoms with van der Waals surface area (Å²) in [4.78, 5) is 41.9. The third-order valence-electron chi connectivity index (χ3n) is 3.79. The largest absolute Gasteiger partial charge is 0.467 e. The zero-order chi connectivity index (χ0) is 20.2. The number of rotatable bonds is 11. The predicted octanol–water partition coefficient (Wildman–Crippen LogP) is 1.18. The molecule has 0 bridgehead atoms. The Morgan fingerprint density at radius 2 is 2.00 bits per heavy atom. The first-order valence-corrected chi connectivity index (χ1v) is 8.85. The molecular formula is C19H24N4O5. The summed E-state index contributed by atoms with van der Waals surface area (Å²) < 4.78 is 10.1. The maximum atomic E-state index is 12.5. The Balaban J connectivity index is 1.80. The summed E-state index contributed by atoms with van der Waals surface area (Å²) in [7, 11) is 1.51. The van der Waals surface area contributed by atoms with Gasteiger partial charge in [0.25, 0.3) is 0 Å². The number of methoxy groups -OCH3 is 1. The van der Waals surface area contributed by atoms with Gasteiger partial charge in [-0.1, -0.05) is 6.07 Å². The van der Waals surface area contributed by atoms with E-state index in [2.05, 4.69) is 15.6 Å². The van der Waals surface area contributed by atoms with E-state index in [9.17, 15) is 14.4 Å². The lowest BCUT2D eigenvalue weighted by Gasteiger charge is -2.21. The fourth-order valence-corrected chi connectivity index (χ4v) is 2.34. The highest BCUT2D eigenvalue weighted by atomic mass is 16.5. The van der Waals surface area contributed by atoms with Crippen LogP contribution in [-0.2, 0) is 25.7 Å². The van der Waals surface area contributed by atoms with Crippen molar-refractivity contribution in [2.45, 2.75) is 19.4 Å². The molecule has 3 amide bonds. The lowest BCUT2D eigenvalue weighted by molar-refractivity contribution is -0.137. The number of aromatic nitrogens is 1. The van der Waals surface area contributed by atoms with Gasteiger partial charge in [0.1, 0.15) is 11.6 Å². The normalized spacial score (nSPS) is 10.3. The summed E-state index contributed by atoms with van der Waals surface area (Å²) >= 11 is 0. The Morgan fingerprint density at radius 1 is 1.14 bits per heavy atom. The predicted molar refractivity (Wildman–Crippen MR) is 101 cm³/mol. The van der Waals surface area contributed by atoms with Crippen molar-refractivity contribution in [3.8, 4) is 0 Å². The monoisotopic (exact) mass is 388 g/mol. The van der Waals surface area contributed by atoms with E-state index >= 15 is 0 Å². The third kappa shape index (κ3) is 7.58. The topological polar surface area (TPSA) is 114 Å². The molecule has 2 aromatic rings. The van der Waals surface area contributed by atoms with E-state index in [0.717, 1.165) is 0 Å². The zero-order valence-corrected chi connectivity index (χ0v) is 15.7. The van der Waals surface area contributed by atoms with Crippen LogP contribution in [0.15, 0.2) is 47.2 Å². The van der Waals surface area contributed by atoms with Crippen LogP contribution in [0.2, 0.25) is 0 Å². The maximum absolute atomic E-state index is 12.5. The van der Waals surface area contributed by atoms with Crippen LogP contribution in [0.25, 0.3) is 0 Å². The maximum Gasteiger partial charge on any atom is 0.240 e. The molecule has 28 heavy (non-hydrogen) atoms. The van der Waals surface area contributed by atoms with Gasteiger partial charge in [0, 0.05) is 32.7 Å². The van der Waals surface area contributed by atoms with E-state index in [0.29, 0.717) is 11.6 Å². The zero-order valence-electron chi connectivity index (χ0n) is 15.7. The first-order chi connectivity index (χ1) is 13.6. The van der Waals surface area contributed by atoms with Crippen LogP contribution in [0.5, 0.6) is 0 Å². The average Bonchev–Trinajstić information content (AvgIpc) is 3.22. The van der Waals surface area contributed by atoms with Gasteiger partial charge in [-0.3, -0.25) is 14.4 Å². The Morgan fingerprint density at radius 3 is 2.68 bits per heavy atom. The van der Waals surface area contributed by atoms with Crippen molar-refractivity contribution < 1.29 is 23.5 Å². The molecule has 9 nitrogen and oxygen atoms in total. The number of pyridine rings is 1. The van der Waals surface area contributed by atoms with Gasteiger partial charge in [0.2, 0.25) is 17.7 Å². The molecule has 0 saturated carbocycles. The van der Waals surface area contributed by atoms with E-state index in [-0.39, 0.29) is 56.8 Å². The molecule has 2 rings (SSSR count). The van der Waals surface area contributed by atoms with Crippen molar-refractivity contribution in [3.05, 3.63) is 48.6 Å². The van der Waals surface area contributed by atoms with Crippen LogP contribution in [-0.4, -0.2) is 54.4 Å². The highest BCUT2D eigenvalue weighted by Crippen LogP contribution is 2.04. The Bertz CT molecular complexity index is 749. The van der Waals surface area contributed by atoms with Gasteiger partial charge in [0.05, 0.1) is 26.0 Å². The molecule has 2 aromatic heterocycles. The molecule has 0 fully saturated rings. The summed E-state index contributed by atoms with van der Waals surface area (Å²) in [5.74, 6) is 0.101. The molecule has 0 saturated heterocycles. The number of anilines is 1. The minimum Gasteiger partial charge on any atom is -0.467 e. The molecule has 150 valence electrons. The van der Waals surface area contributed by atoms with Crippen molar-refractivity contribution in [3.63, 3.8) is 0 Å². The molecule has 0 aliphatic heterocycles. The molecule has 0 aromatic carbocycles. The van der Waals surface area contributed by atoms with E-state index in [4.69, 9.17) is 9.15 Å². The summed E-state index contributed by atoms with van der Waals surface area (Å²) in [5, 5.41) is 5.31. The van der Waals surface area contributed by atoms with Crippen molar-refractivity contribution in [1.29, 1.82) is 0 Å². The fraction of sp³-hybridized carbons (Fsp3) is 0.368. The van der Waals surface area contributed by atoms with Crippen LogP contribution >= 0.6 is 0 Å². The van der Waals surface area contributed by atoms with E-state index < -0.39 is 0 Å². The van der Waals surface area contributed by atoms with Gasteiger partial charge in [-0.2, -0.15) is 0 Å². The minimum absolute atomic E-state index is 0.00704. The second-order valence-electron chi connectivity index (χ2n) is 5.93. The Kier molecular flexibility index (Phi) is 8.67. The standard InChI is InChI=1S/C19H24N4O5/c1-27-12-10-23(14-18(25)21-13-15-5-4-11-28-15)19(26)8-7-17(24)22-16-6-2-3-9-20-16/h2-6,9,11H,7-8,10,12-14H2,1H3,(H,21,25)(H,20,22,24). The van der Waals surface area contributed by atoms with Gasteiger partial charge in [-0.05, 0) is 24.3 Å². The van der Waals surface area contributed by atoms with E-state index in [1.54, 1.807) is 36.5 Å². The molecule has 9 heteroatoms. The number of ether oxygens (including phenoxy) is 1. The van der Waals surface area contributed by atoms with Crippen LogP contribution in [0.4, 0.5) is 5.82 Å². The summed E-state index contributed by atoms with van der Waals surface area (Å²) in [6, 6.07) is 8.62. The smallest absolute Gasteiger partial charge is 0.240 e. The highest BCUT2D eigenvalue weighted by molar-refractivity contribution is 5.93. The number of nitrogens with one attached hydrogen (secondary N) is 2. The van der Waals surface area contributed by atoms with Gasteiger partial charge < -0.3 is 24.7 Å². The number of amides is 3. The quantitative estimate of drug-likeness (QED) is 0.598. The third-order valence-corrected chi connectivity index (χ3v) is 3.79. The van der Waals surface area contributed by atoms with Crippen LogP contribution in [0.3, 0.4) is 0 Å². The molecule has 2 heterocycles. The molecule has 0 aliphatic rings. The molecule has 0 atom stereocenters.